The van der Waals surface area contributed by atoms with E-state index in [1.165, 1.54) is 0 Å². The molecule has 0 aliphatic heterocycles. The van der Waals surface area contributed by atoms with Crippen molar-refractivity contribution >= 4 is 17.6 Å². The maximum Gasteiger partial charge on any atom is 0.490 e. The number of carbonyl (C=O) groups is 1. The van der Waals surface area contributed by atoms with E-state index in [9.17, 15) is 27.1 Å². The van der Waals surface area contributed by atoms with E-state index in [1.807, 2.05) is 6.07 Å². The predicted molar refractivity (Wildman–Crippen MR) is 90.2 cm³/mol. The summed E-state index contributed by atoms with van der Waals surface area (Å²) in [6.45, 7) is 0.339. The number of carboxylic acid groups (broad SMARTS) is 1. The Morgan fingerprint density at radius 2 is 1.68 bits per heavy atom. The number of hydrogen-bond donors (Lipinski definition) is 3. The van der Waals surface area contributed by atoms with E-state index < -0.39 is 23.7 Å². The van der Waals surface area contributed by atoms with Crippen molar-refractivity contribution in [3.63, 3.8) is 0 Å². The third-order valence-electron chi connectivity index (χ3n) is 4.94. The van der Waals surface area contributed by atoms with Crippen LogP contribution in [0.1, 0.15) is 44.1 Å². The molecule has 5 nitrogen and oxygen atoms in total. The molecule has 0 radical (unpaired) electrons. The van der Waals surface area contributed by atoms with E-state index in [1.54, 1.807) is 12.3 Å². The summed E-state index contributed by atoms with van der Waals surface area (Å²) in [5.41, 5.74) is -0.165. The highest BCUT2D eigenvalue weighted by molar-refractivity contribution is 6.29. The van der Waals surface area contributed by atoms with Crippen molar-refractivity contribution in [1.29, 1.82) is 0 Å². The summed E-state index contributed by atoms with van der Waals surface area (Å²) in [5, 5.41) is 21.4. The lowest BCUT2D eigenvalue weighted by Crippen LogP contribution is -2.48. The molecule has 2 aliphatic rings. The Bertz CT molecular complexity index is 683. The second-order valence-corrected chi connectivity index (χ2v) is 7.58. The Balaban J connectivity index is 0.000000345. The molecule has 0 bridgehead atoms. The molecular formula is C17H20ClF5N2O3. The van der Waals surface area contributed by atoms with Crippen molar-refractivity contribution in [2.24, 2.45) is 0 Å². The second kappa shape index (κ2) is 8.08. The van der Waals surface area contributed by atoms with E-state index in [4.69, 9.17) is 21.5 Å². The number of pyridine rings is 1. The Hall–Kier alpha value is -1.52. The third-order valence-corrected chi connectivity index (χ3v) is 5.16. The molecule has 1 aromatic heterocycles. The van der Waals surface area contributed by atoms with Crippen LogP contribution in [0.25, 0.3) is 0 Å². The molecule has 0 spiro atoms. The van der Waals surface area contributed by atoms with Gasteiger partial charge in [0.15, 0.2) is 0 Å². The number of aliphatic carboxylic acids is 1. The molecule has 3 N–H and O–H groups in total. The van der Waals surface area contributed by atoms with Gasteiger partial charge in [0.05, 0.1) is 5.60 Å². The number of rotatable bonds is 4. The maximum atomic E-state index is 13.2. The van der Waals surface area contributed by atoms with Gasteiger partial charge in [0, 0.05) is 31.1 Å². The average Bonchev–Trinajstić information content (AvgIpc) is 3.38. The lowest BCUT2D eigenvalue weighted by Gasteiger charge is -2.37. The number of nitrogens with zero attached hydrogens (tertiary/aromatic N) is 1. The van der Waals surface area contributed by atoms with E-state index >= 15 is 0 Å². The molecule has 0 saturated heterocycles. The molecule has 28 heavy (non-hydrogen) atoms. The zero-order chi connectivity index (χ0) is 21.2. The molecule has 11 heteroatoms. The van der Waals surface area contributed by atoms with Crippen molar-refractivity contribution in [2.75, 3.05) is 6.54 Å². The molecule has 3 rings (SSSR count). The first-order valence-electron chi connectivity index (χ1n) is 8.54. The van der Waals surface area contributed by atoms with Gasteiger partial charge < -0.3 is 15.5 Å². The largest absolute Gasteiger partial charge is 0.490 e. The van der Waals surface area contributed by atoms with E-state index in [2.05, 4.69) is 10.3 Å². The molecule has 0 amide bonds. The first kappa shape index (κ1) is 22.8. The van der Waals surface area contributed by atoms with Crippen LogP contribution < -0.4 is 5.32 Å². The number of aliphatic hydroxyl groups is 1. The fourth-order valence-corrected chi connectivity index (χ4v) is 3.05. The van der Waals surface area contributed by atoms with Crippen molar-refractivity contribution in [3.8, 4) is 0 Å². The van der Waals surface area contributed by atoms with Crippen molar-refractivity contribution < 1.29 is 37.0 Å². The average molecular weight is 431 g/mol. The number of nitrogens with one attached hydrogen (secondary N) is 1. The minimum Gasteiger partial charge on any atom is -0.475 e. The van der Waals surface area contributed by atoms with Crippen LogP contribution >= 0.6 is 11.6 Å². The molecular weight excluding hydrogens is 411 g/mol. The molecule has 2 fully saturated rings. The molecule has 2 saturated carbocycles. The molecule has 1 aromatic rings. The smallest absolute Gasteiger partial charge is 0.475 e. The zero-order valence-electron chi connectivity index (χ0n) is 14.7. The van der Waals surface area contributed by atoms with Crippen LogP contribution in [0, 0.1) is 0 Å². The zero-order valence-corrected chi connectivity index (χ0v) is 15.5. The highest BCUT2D eigenvalue weighted by Crippen LogP contribution is 2.46. The van der Waals surface area contributed by atoms with Gasteiger partial charge in [-0.05, 0) is 37.3 Å². The summed E-state index contributed by atoms with van der Waals surface area (Å²) in [4.78, 5) is 13.0. The maximum absolute atomic E-state index is 13.2. The van der Waals surface area contributed by atoms with E-state index in [0.717, 1.165) is 18.4 Å². The Morgan fingerprint density at radius 3 is 2.07 bits per heavy atom. The van der Waals surface area contributed by atoms with Crippen LogP contribution in [-0.2, 0) is 10.3 Å². The number of halogens is 6. The summed E-state index contributed by atoms with van der Waals surface area (Å²) in [7, 11) is 0. The van der Waals surface area contributed by atoms with Gasteiger partial charge in [-0.3, -0.25) is 0 Å². The monoisotopic (exact) mass is 430 g/mol. The van der Waals surface area contributed by atoms with Crippen LogP contribution in [0.2, 0.25) is 5.15 Å². The fraction of sp³-hybridized carbons (Fsp3) is 0.647. The van der Waals surface area contributed by atoms with Crippen LogP contribution in [0.4, 0.5) is 22.0 Å². The van der Waals surface area contributed by atoms with Crippen molar-refractivity contribution in [3.05, 3.63) is 29.0 Å². The van der Waals surface area contributed by atoms with Gasteiger partial charge in [-0.25, -0.2) is 18.6 Å². The normalized spacial score (nSPS) is 22.0. The molecule has 2 aliphatic carbocycles. The number of carboxylic acids is 1. The van der Waals surface area contributed by atoms with Gasteiger partial charge in [-0.15, -0.1) is 0 Å². The minimum absolute atomic E-state index is 0.141. The topological polar surface area (TPSA) is 82.5 Å². The van der Waals surface area contributed by atoms with E-state index in [0.29, 0.717) is 11.7 Å². The first-order valence-corrected chi connectivity index (χ1v) is 8.92. The van der Waals surface area contributed by atoms with Gasteiger partial charge in [0.2, 0.25) is 5.92 Å². The molecule has 1 heterocycles. The third kappa shape index (κ3) is 6.25. The predicted octanol–water partition coefficient (Wildman–Crippen LogP) is 3.89. The minimum atomic E-state index is -5.08. The van der Waals surface area contributed by atoms with Crippen molar-refractivity contribution in [2.45, 2.75) is 61.8 Å². The van der Waals surface area contributed by atoms with Crippen LogP contribution in [0.3, 0.4) is 0 Å². The second-order valence-electron chi connectivity index (χ2n) is 7.19. The summed E-state index contributed by atoms with van der Waals surface area (Å²) in [6.07, 6.45) is -1.61. The molecule has 0 unspecified atom stereocenters. The lowest BCUT2D eigenvalue weighted by molar-refractivity contribution is -0.192. The van der Waals surface area contributed by atoms with Gasteiger partial charge >= 0.3 is 12.1 Å². The van der Waals surface area contributed by atoms with Crippen molar-refractivity contribution in [1.82, 2.24) is 10.3 Å². The van der Waals surface area contributed by atoms with Gasteiger partial charge in [-0.2, -0.15) is 13.2 Å². The summed E-state index contributed by atoms with van der Waals surface area (Å²) >= 11 is 5.79. The summed E-state index contributed by atoms with van der Waals surface area (Å²) in [5.74, 6) is -5.38. The number of hydrogen-bond acceptors (Lipinski definition) is 4. The van der Waals surface area contributed by atoms with Crippen LogP contribution in [0.5, 0.6) is 0 Å². The molecule has 0 atom stereocenters. The van der Waals surface area contributed by atoms with Crippen LogP contribution in [0.15, 0.2) is 18.3 Å². The number of alkyl halides is 5. The van der Waals surface area contributed by atoms with E-state index in [-0.39, 0.29) is 31.2 Å². The van der Waals surface area contributed by atoms with Gasteiger partial charge in [0.25, 0.3) is 0 Å². The SMILES string of the molecule is O=C(O)C(F)(F)F.OC1(CNC2(c3ccc(Cl)nc3)CC2)CCC(F)(F)CC1. The molecule has 158 valence electrons. The van der Waals surface area contributed by atoms with Gasteiger partial charge in [-0.1, -0.05) is 17.7 Å². The summed E-state index contributed by atoms with van der Waals surface area (Å²) < 4.78 is 58.1. The summed E-state index contributed by atoms with van der Waals surface area (Å²) in [6, 6.07) is 3.67. The Morgan fingerprint density at radius 1 is 1.14 bits per heavy atom. The standard InChI is InChI=1S/C15H19ClF2N2O.C2HF3O2/c16-12-2-1-11(9-19-12)14(5-6-14)20-10-13(21)3-7-15(17,18)8-4-13;3-2(4,5)1(6)7/h1-2,9,20-21H,3-8,10H2;(H,6,7). The highest BCUT2D eigenvalue weighted by atomic mass is 35.5. The van der Waals surface area contributed by atoms with Crippen LogP contribution in [-0.4, -0.2) is 45.4 Å². The fourth-order valence-electron chi connectivity index (χ4n) is 2.94. The number of aromatic nitrogens is 1. The highest BCUT2D eigenvalue weighted by Gasteiger charge is 2.48. The Labute approximate surface area is 162 Å². The quantitative estimate of drug-likeness (QED) is 0.498. The Kier molecular flexibility index (Phi) is 6.57. The first-order chi connectivity index (χ1) is 12.8. The lowest BCUT2D eigenvalue weighted by atomic mass is 9.82. The molecule has 0 aromatic carbocycles. The van der Waals surface area contributed by atoms with Gasteiger partial charge in [0.1, 0.15) is 5.15 Å².